The Bertz CT molecular complexity index is 1050. The highest BCUT2D eigenvalue weighted by Crippen LogP contribution is 2.48. The van der Waals surface area contributed by atoms with E-state index in [-0.39, 0.29) is 29.9 Å². The van der Waals surface area contributed by atoms with Gasteiger partial charge in [0.15, 0.2) is 0 Å². The van der Waals surface area contributed by atoms with Crippen LogP contribution < -0.4 is 11.1 Å². The molecule has 2 fully saturated rings. The van der Waals surface area contributed by atoms with E-state index in [2.05, 4.69) is 28.0 Å². The molecule has 7 nitrogen and oxygen atoms in total. The summed E-state index contributed by atoms with van der Waals surface area (Å²) in [6.45, 7) is -0.506. The molecule has 0 spiro atoms. The van der Waals surface area contributed by atoms with Crippen LogP contribution in [0.4, 0.5) is 27.6 Å². The Morgan fingerprint density at radius 1 is 1.27 bits per heavy atom. The van der Waals surface area contributed by atoms with E-state index in [0.29, 0.717) is 12.8 Å². The van der Waals surface area contributed by atoms with Gasteiger partial charge in [0, 0.05) is 30.1 Å². The minimum absolute atomic E-state index is 0.0170. The van der Waals surface area contributed by atoms with Crippen molar-refractivity contribution in [1.29, 1.82) is 0 Å². The number of rotatable bonds is 6. The first-order valence-electron chi connectivity index (χ1n) is 10.0. The second-order valence-corrected chi connectivity index (χ2v) is 7.81. The first-order valence-corrected chi connectivity index (χ1v) is 10.9. The largest absolute Gasteiger partial charge is 0.420 e. The van der Waals surface area contributed by atoms with E-state index in [1.54, 1.807) is 6.26 Å². The molecule has 2 aliphatic carbocycles. The van der Waals surface area contributed by atoms with Crippen LogP contribution in [-0.4, -0.2) is 38.8 Å². The standard InChI is InChI=1S/C19H18F5N5O2.CH4S/c20-18(21)5-3-10(18)8-29-15(13(19(22,23)24)14(28-29)9-1-2-9)17(31)27-11-4-6-26-12(7-11)16(25)30;1-2/h4,6-7,9-10H,1-3,5,8H2,(H2,25,30)(H,26,27,31);2H,1H3. The molecule has 13 heteroatoms. The van der Waals surface area contributed by atoms with Crippen LogP contribution in [0.3, 0.4) is 0 Å². The summed E-state index contributed by atoms with van der Waals surface area (Å²) in [7, 11) is 0. The molecule has 0 bridgehead atoms. The van der Waals surface area contributed by atoms with E-state index in [1.807, 2.05) is 0 Å². The number of hydrogen-bond donors (Lipinski definition) is 3. The molecule has 0 radical (unpaired) electrons. The van der Waals surface area contributed by atoms with Crippen LogP contribution in [0.25, 0.3) is 0 Å². The Kier molecular flexibility index (Phi) is 7.01. The zero-order valence-corrected chi connectivity index (χ0v) is 18.4. The van der Waals surface area contributed by atoms with Gasteiger partial charge in [-0.1, -0.05) is 0 Å². The SMILES string of the molecule is CS.NC(=O)c1cc(NC(=O)c2c(C(F)(F)F)c(C3CC3)nn2CC2CCC2(F)F)ccn1. The molecule has 0 aliphatic heterocycles. The fourth-order valence-electron chi connectivity index (χ4n) is 3.60. The zero-order chi connectivity index (χ0) is 24.6. The van der Waals surface area contributed by atoms with Crippen LogP contribution in [0.15, 0.2) is 18.3 Å². The zero-order valence-electron chi connectivity index (χ0n) is 17.5. The van der Waals surface area contributed by atoms with Crippen molar-refractivity contribution < 1.29 is 31.5 Å². The summed E-state index contributed by atoms with van der Waals surface area (Å²) >= 11 is 3.53. The van der Waals surface area contributed by atoms with E-state index in [9.17, 15) is 31.5 Å². The van der Waals surface area contributed by atoms with Crippen LogP contribution >= 0.6 is 12.6 Å². The summed E-state index contributed by atoms with van der Waals surface area (Å²) in [5.74, 6) is -6.74. The minimum atomic E-state index is -4.90. The Morgan fingerprint density at radius 2 is 1.94 bits per heavy atom. The third kappa shape index (κ3) is 5.28. The molecule has 2 saturated carbocycles. The lowest BCUT2D eigenvalue weighted by molar-refractivity contribution is -0.140. The Balaban J connectivity index is 0.00000149. The molecule has 2 heterocycles. The molecular formula is C20H22F5N5O2S. The topological polar surface area (TPSA) is 103 Å². The maximum atomic E-state index is 13.9. The number of nitrogens with one attached hydrogen (secondary N) is 1. The van der Waals surface area contributed by atoms with Crippen molar-refractivity contribution >= 4 is 30.1 Å². The fourth-order valence-corrected chi connectivity index (χ4v) is 3.60. The van der Waals surface area contributed by atoms with E-state index in [4.69, 9.17) is 5.73 Å². The average molecular weight is 491 g/mol. The average Bonchev–Trinajstić information content (AvgIpc) is 3.52. The second kappa shape index (κ2) is 9.27. The molecule has 3 N–H and O–H groups in total. The van der Waals surface area contributed by atoms with Crippen LogP contribution in [0.2, 0.25) is 0 Å². The van der Waals surface area contributed by atoms with Gasteiger partial charge < -0.3 is 11.1 Å². The number of carbonyl (C=O) groups excluding carboxylic acids is 2. The number of thiol groups is 1. The van der Waals surface area contributed by atoms with Crippen molar-refractivity contribution in [1.82, 2.24) is 14.8 Å². The van der Waals surface area contributed by atoms with Crippen molar-refractivity contribution in [3.05, 3.63) is 41.0 Å². The molecule has 0 aromatic carbocycles. The molecule has 0 saturated heterocycles. The maximum Gasteiger partial charge on any atom is 0.420 e. The summed E-state index contributed by atoms with van der Waals surface area (Å²) in [6, 6.07) is 2.37. The van der Waals surface area contributed by atoms with Crippen LogP contribution in [0.1, 0.15) is 63.8 Å². The van der Waals surface area contributed by atoms with Gasteiger partial charge in [-0.2, -0.15) is 30.9 Å². The molecule has 33 heavy (non-hydrogen) atoms. The van der Waals surface area contributed by atoms with Gasteiger partial charge in [0.2, 0.25) is 0 Å². The number of pyridine rings is 1. The Morgan fingerprint density at radius 3 is 2.42 bits per heavy atom. The number of amides is 2. The summed E-state index contributed by atoms with van der Waals surface area (Å²) in [4.78, 5) is 27.9. The number of hydrogen-bond acceptors (Lipinski definition) is 5. The summed E-state index contributed by atoms with van der Waals surface area (Å²) in [5, 5.41) is 6.22. The van der Waals surface area contributed by atoms with Gasteiger partial charge in [0.25, 0.3) is 17.7 Å². The monoisotopic (exact) mass is 491 g/mol. The minimum Gasteiger partial charge on any atom is -0.364 e. The number of nitrogens with two attached hydrogens (primary N) is 1. The van der Waals surface area contributed by atoms with E-state index >= 15 is 0 Å². The Labute approximate surface area is 191 Å². The van der Waals surface area contributed by atoms with Crippen LogP contribution in [-0.2, 0) is 12.7 Å². The number of aromatic nitrogens is 3. The van der Waals surface area contributed by atoms with Gasteiger partial charge >= 0.3 is 6.18 Å². The molecule has 180 valence electrons. The second-order valence-electron chi connectivity index (χ2n) is 7.81. The summed E-state index contributed by atoms with van der Waals surface area (Å²) in [6.07, 6.45) is -1.32. The molecule has 2 aromatic rings. The number of anilines is 1. The highest BCUT2D eigenvalue weighted by Gasteiger charge is 2.50. The fraction of sp³-hybridized carbons (Fsp3) is 0.500. The van der Waals surface area contributed by atoms with Crippen molar-refractivity contribution in [2.75, 3.05) is 11.6 Å². The van der Waals surface area contributed by atoms with Crippen LogP contribution in [0, 0.1) is 5.92 Å². The highest BCUT2D eigenvalue weighted by atomic mass is 32.1. The van der Waals surface area contributed by atoms with Gasteiger partial charge in [-0.15, -0.1) is 0 Å². The maximum absolute atomic E-state index is 13.9. The summed E-state index contributed by atoms with van der Waals surface area (Å²) < 4.78 is 70.1. The Hall–Kier alpha value is -2.70. The third-order valence-electron chi connectivity index (χ3n) is 5.53. The normalized spacial score (nSPS) is 19.2. The van der Waals surface area contributed by atoms with E-state index < -0.39 is 53.6 Å². The van der Waals surface area contributed by atoms with Crippen molar-refractivity contribution in [2.45, 2.75) is 50.2 Å². The molecular weight excluding hydrogens is 469 g/mol. The molecule has 4 rings (SSSR count). The smallest absolute Gasteiger partial charge is 0.364 e. The lowest BCUT2D eigenvalue weighted by Crippen LogP contribution is -2.42. The van der Waals surface area contributed by atoms with Gasteiger partial charge in [0.1, 0.15) is 17.0 Å². The molecule has 2 aliphatic rings. The van der Waals surface area contributed by atoms with Crippen molar-refractivity contribution in [3.8, 4) is 0 Å². The van der Waals surface area contributed by atoms with Crippen molar-refractivity contribution in [3.63, 3.8) is 0 Å². The number of nitrogens with zero attached hydrogens (tertiary/aromatic N) is 3. The van der Waals surface area contributed by atoms with Gasteiger partial charge in [-0.25, -0.2) is 8.78 Å². The van der Waals surface area contributed by atoms with Crippen LogP contribution in [0.5, 0.6) is 0 Å². The predicted octanol–water partition coefficient (Wildman–Crippen LogP) is 4.12. The first-order chi connectivity index (χ1) is 15.5. The number of carbonyl (C=O) groups is 2. The molecule has 1 atom stereocenters. The number of alkyl halides is 5. The third-order valence-corrected chi connectivity index (χ3v) is 5.53. The lowest BCUT2D eigenvalue weighted by Gasteiger charge is -2.36. The van der Waals surface area contributed by atoms with Gasteiger partial charge in [-0.3, -0.25) is 19.3 Å². The number of primary amides is 1. The molecule has 2 amide bonds. The lowest BCUT2D eigenvalue weighted by atomic mass is 9.81. The summed E-state index contributed by atoms with van der Waals surface area (Å²) in [5.41, 5.74) is 2.58. The molecule has 2 aromatic heterocycles. The quantitative estimate of drug-likeness (QED) is 0.418. The predicted molar refractivity (Wildman–Crippen MR) is 112 cm³/mol. The van der Waals surface area contributed by atoms with E-state index in [1.165, 1.54) is 6.07 Å². The van der Waals surface area contributed by atoms with Crippen molar-refractivity contribution in [2.24, 2.45) is 11.7 Å². The van der Waals surface area contributed by atoms with Gasteiger partial charge in [-0.05, 0) is 37.7 Å². The van der Waals surface area contributed by atoms with E-state index in [0.717, 1.165) is 16.9 Å². The van der Waals surface area contributed by atoms with Gasteiger partial charge in [0.05, 0.1) is 12.2 Å². The highest BCUT2D eigenvalue weighted by molar-refractivity contribution is 7.79. The first kappa shape index (κ1) is 24.9. The number of halogens is 5. The molecule has 1 unspecified atom stereocenters.